The summed E-state index contributed by atoms with van der Waals surface area (Å²) in [6.45, 7) is 5.16. The van der Waals surface area contributed by atoms with Crippen LogP contribution in [0, 0.1) is 13.8 Å². The van der Waals surface area contributed by atoms with Gasteiger partial charge in [-0.05, 0) is 49.2 Å². The molecule has 1 aromatic heterocycles. The molecular formula is C26H22BrNO3. The van der Waals surface area contributed by atoms with Crippen molar-refractivity contribution in [3.8, 4) is 5.75 Å². The highest BCUT2D eigenvalue weighted by atomic mass is 79.9. The summed E-state index contributed by atoms with van der Waals surface area (Å²) < 4.78 is 13.0. The fourth-order valence-electron chi connectivity index (χ4n) is 4.29. The molecule has 5 rings (SSSR count). The maximum atomic E-state index is 12.8. The van der Waals surface area contributed by atoms with Crippen molar-refractivity contribution in [1.82, 2.24) is 0 Å². The van der Waals surface area contributed by atoms with Crippen molar-refractivity contribution >= 4 is 32.6 Å². The fraction of sp³-hybridized carbons (Fsp3) is 0.192. The maximum absolute atomic E-state index is 12.8. The number of rotatable bonds is 3. The highest BCUT2D eigenvalue weighted by molar-refractivity contribution is 9.10. The van der Waals surface area contributed by atoms with Crippen LogP contribution in [0.25, 0.3) is 11.0 Å². The van der Waals surface area contributed by atoms with Crippen LogP contribution in [0.1, 0.15) is 27.8 Å². The highest BCUT2D eigenvalue weighted by Crippen LogP contribution is 2.37. The summed E-state index contributed by atoms with van der Waals surface area (Å²) in [6, 6.07) is 20.3. The number of halogens is 1. The fourth-order valence-corrected chi connectivity index (χ4v) is 4.67. The molecule has 0 radical (unpaired) electrons. The summed E-state index contributed by atoms with van der Waals surface area (Å²) in [5, 5.41) is 0.974. The van der Waals surface area contributed by atoms with Crippen LogP contribution in [-0.2, 0) is 13.0 Å². The van der Waals surface area contributed by atoms with Crippen LogP contribution in [0.15, 0.2) is 74.3 Å². The molecule has 3 aromatic carbocycles. The topological polar surface area (TPSA) is 42.7 Å². The molecule has 31 heavy (non-hydrogen) atoms. The van der Waals surface area contributed by atoms with Crippen LogP contribution in [0.2, 0.25) is 0 Å². The Balaban J connectivity index is 1.60. The van der Waals surface area contributed by atoms with Crippen molar-refractivity contribution < 1.29 is 9.15 Å². The summed E-state index contributed by atoms with van der Waals surface area (Å²) in [5.41, 5.74) is 6.19. The second-order valence-electron chi connectivity index (χ2n) is 7.97. The van der Waals surface area contributed by atoms with Gasteiger partial charge in [-0.2, -0.15) is 0 Å². The lowest BCUT2D eigenvalue weighted by molar-refractivity contribution is 0.287. The molecule has 1 aliphatic heterocycles. The van der Waals surface area contributed by atoms with Gasteiger partial charge in [0.25, 0.3) is 0 Å². The zero-order valence-electron chi connectivity index (χ0n) is 17.4. The first-order chi connectivity index (χ1) is 15.0. The molecule has 0 unspecified atom stereocenters. The molecule has 5 heteroatoms. The minimum absolute atomic E-state index is 0.275. The Bertz CT molecular complexity index is 1340. The van der Waals surface area contributed by atoms with Crippen LogP contribution < -0.4 is 15.3 Å². The molecule has 0 saturated heterocycles. The summed E-state index contributed by atoms with van der Waals surface area (Å²) >= 11 is 3.55. The molecule has 0 bridgehead atoms. The lowest BCUT2D eigenvalue weighted by Crippen LogP contribution is -2.32. The van der Waals surface area contributed by atoms with Gasteiger partial charge in [0.2, 0.25) is 0 Å². The number of ether oxygens (including phenoxy) is 1. The van der Waals surface area contributed by atoms with E-state index in [4.69, 9.17) is 9.15 Å². The normalized spacial score (nSPS) is 13.2. The van der Waals surface area contributed by atoms with Gasteiger partial charge in [0.15, 0.2) is 6.73 Å². The Hall–Kier alpha value is -3.05. The summed E-state index contributed by atoms with van der Waals surface area (Å²) in [6.07, 6.45) is 0.557. The average Bonchev–Trinajstić information content (AvgIpc) is 2.78. The van der Waals surface area contributed by atoms with Crippen molar-refractivity contribution in [3.05, 3.63) is 103 Å². The van der Waals surface area contributed by atoms with E-state index in [1.165, 1.54) is 0 Å². The number of benzene rings is 3. The zero-order valence-corrected chi connectivity index (χ0v) is 19.0. The van der Waals surface area contributed by atoms with E-state index in [1.54, 1.807) is 0 Å². The number of nitrogens with zero attached hydrogens (tertiary/aromatic N) is 1. The minimum Gasteiger partial charge on any atom is -0.472 e. The third-order valence-corrected chi connectivity index (χ3v) is 6.45. The van der Waals surface area contributed by atoms with E-state index in [-0.39, 0.29) is 5.63 Å². The first-order valence-corrected chi connectivity index (χ1v) is 11.1. The van der Waals surface area contributed by atoms with Gasteiger partial charge >= 0.3 is 5.63 Å². The van der Waals surface area contributed by atoms with E-state index in [0.717, 1.165) is 50.1 Å². The second-order valence-corrected chi connectivity index (χ2v) is 8.89. The molecule has 4 nitrogen and oxygen atoms in total. The number of hydrogen-bond donors (Lipinski definition) is 0. The van der Waals surface area contributed by atoms with Crippen molar-refractivity contribution in [1.29, 1.82) is 0 Å². The van der Waals surface area contributed by atoms with Crippen LogP contribution in [0.4, 0.5) is 5.69 Å². The van der Waals surface area contributed by atoms with Gasteiger partial charge in [-0.25, -0.2) is 4.79 Å². The standard InChI is InChI=1S/C26H22BrNO3/c1-16-22-12-19-14-28(21-10-6-9-20(27)13-21)15-30-24(19)17(2)25(22)31-26(29)23(16)11-18-7-4-3-5-8-18/h3-10,12-13H,11,14-15H2,1-2H3. The Morgan fingerprint density at radius 2 is 1.81 bits per heavy atom. The first kappa shape index (κ1) is 19.9. The molecule has 0 N–H and O–H groups in total. The highest BCUT2D eigenvalue weighted by Gasteiger charge is 2.24. The number of fused-ring (bicyclic) bond motifs is 2. The van der Waals surface area contributed by atoms with Gasteiger partial charge in [0.05, 0.1) is 0 Å². The Morgan fingerprint density at radius 1 is 1.00 bits per heavy atom. The Labute approximate surface area is 189 Å². The molecule has 0 spiro atoms. The van der Waals surface area contributed by atoms with Gasteiger partial charge in [0.1, 0.15) is 11.3 Å². The lowest BCUT2D eigenvalue weighted by Gasteiger charge is -2.32. The van der Waals surface area contributed by atoms with Gasteiger partial charge in [-0.1, -0.05) is 52.3 Å². The number of hydrogen-bond acceptors (Lipinski definition) is 4. The molecule has 0 atom stereocenters. The third kappa shape index (κ3) is 3.63. The predicted molar refractivity (Wildman–Crippen MR) is 127 cm³/mol. The van der Waals surface area contributed by atoms with E-state index in [1.807, 2.05) is 56.3 Å². The molecule has 4 aromatic rings. The molecule has 0 fully saturated rings. The lowest BCUT2D eigenvalue weighted by atomic mass is 9.96. The van der Waals surface area contributed by atoms with Crippen LogP contribution in [0.5, 0.6) is 5.75 Å². The van der Waals surface area contributed by atoms with Gasteiger partial charge in [0, 0.05) is 45.2 Å². The number of anilines is 1. The maximum Gasteiger partial charge on any atom is 0.340 e. The van der Waals surface area contributed by atoms with Crippen molar-refractivity contribution in [2.45, 2.75) is 26.8 Å². The molecule has 0 saturated carbocycles. The first-order valence-electron chi connectivity index (χ1n) is 10.3. The Morgan fingerprint density at radius 3 is 2.58 bits per heavy atom. The van der Waals surface area contributed by atoms with E-state index in [0.29, 0.717) is 24.3 Å². The second kappa shape index (κ2) is 7.89. The SMILES string of the molecule is Cc1c(Cc2ccccc2)c(=O)oc2c(C)c3c(cc12)CN(c1cccc(Br)c1)CO3. The van der Waals surface area contributed by atoms with Crippen LogP contribution in [0.3, 0.4) is 0 Å². The molecule has 0 amide bonds. The van der Waals surface area contributed by atoms with E-state index in [9.17, 15) is 4.79 Å². The van der Waals surface area contributed by atoms with E-state index in [2.05, 4.69) is 39.0 Å². The minimum atomic E-state index is -0.275. The monoisotopic (exact) mass is 475 g/mol. The third-order valence-electron chi connectivity index (χ3n) is 5.96. The largest absolute Gasteiger partial charge is 0.472 e. The zero-order chi connectivity index (χ0) is 21.5. The molecule has 156 valence electrons. The summed E-state index contributed by atoms with van der Waals surface area (Å²) in [5.74, 6) is 0.817. The van der Waals surface area contributed by atoms with Gasteiger partial charge < -0.3 is 14.1 Å². The van der Waals surface area contributed by atoms with Crippen molar-refractivity contribution in [2.75, 3.05) is 11.6 Å². The van der Waals surface area contributed by atoms with Crippen LogP contribution >= 0.6 is 15.9 Å². The quantitative estimate of drug-likeness (QED) is 0.334. The van der Waals surface area contributed by atoms with E-state index < -0.39 is 0 Å². The summed E-state index contributed by atoms with van der Waals surface area (Å²) in [7, 11) is 0. The number of aryl methyl sites for hydroxylation is 2. The average molecular weight is 476 g/mol. The Kier molecular flexibility index (Phi) is 5.06. The van der Waals surface area contributed by atoms with Crippen molar-refractivity contribution in [2.24, 2.45) is 0 Å². The van der Waals surface area contributed by atoms with Crippen LogP contribution in [-0.4, -0.2) is 6.73 Å². The molecule has 2 heterocycles. The summed E-state index contributed by atoms with van der Waals surface area (Å²) in [4.78, 5) is 15.0. The molecule has 1 aliphatic rings. The van der Waals surface area contributed by atoms with E-state index >= 15 is 0 Å². The molecule has 0 aliphatic carbocycles. The van der Waals surface area contributed by atoms with Crippen molar-refractivity contribution in [3.63, 3.8) is 0 Å². The smallest absolute Gasteiger partial charge is 0.340 e. The predicted octanol–water partition coefficient (Wildman–Crippen LogP) is 6.12. The van der Waals surface area contributed by atoms with Gasteiger partial charge in [-0.15, -0.1) is 0 Å². The molecular weight excluding hydrogens is 454 g/mol. The van der Waals surface area contributed by atoms with Gasteiger partial charge in [-0.3, -0.25) is 0 Å².